The molecule has 106 valence electrons. The van der Waals surface area contributed by atoms with E-state index in [1.807, 2.05) is 25.1 Å². The summed E-state index contributed by atoms with van der Waals surface area (Å²) in [6.07, 6.45) is 1.59. The number of nitrogens with one attached hydrogen (secondary N) is 1. The molecular formula is C14H16FN3O2. The van der Waals surface area contributed by atoms with Crippen LogP contribution in [-0.4, -0.2) is 36.4 Å². The van der Waals surface area contributed by atoms with Crippen LogP contribution in [0.25, 0.3) is 0 Å². The minimum absolute atomic E-state index is 0.0574. The normalized spacial score (nSPS) is 12.4. The highest BCUT2D eigenvalue weighted by molar-refractivity contribution is 5.92. The van der Waals surface area contributed by atoms with Crippen LogP contribution in [0.2, 0.25) is 0 Å². The second-order valence-corrected chi connectivity index (χ2v) is 4.55. The minimum Gasteiger partial charge on any atom is -0.468 e. The first kappa shape index (κ1) is 14.2. The lowest BCUT2D eigenvalue weighted by molar-refractivity contribution is 0.0933. The van der Waals surface area contributed by atoms with Crippen molar-refractivity contribution < 1.29 is 13.6 Å². The molecule has 0 fully saturated rings. The van der Waals surface area contributed by atoms with Gasteiger partial charge in [0.15, 0.2) is 0 Å². The number of furan rings is 1. The molecule has 0 aliphatic heterocycles. The van der Waals surface area contributed by atoms with E-state index in [0.29, 0.717) is 6.54 Å². The van der Waals surface area contributed by atoms with E-state index in [1.165, 1.54) is 18.2 Å². The van der Waals surface area contributed by atoms with Crippen molar-refractivity contribution in [1.82, 2.24) is 15.2 Å². The molecule has 0 bridgehead atoms. The molecule has 1 amide bonds. The molecule has 2 heterocycles. The Balaban J connectivity index is 2.01. The molecule has 0 aliphatic rings. The largest absolute Gasteiger partial charge is 0.468 e. The predicted molar refractivity (Wildman–Crippen MR) is 71.7 cm³/mol. The summed E-state index contributed by atoms with van der Waals surface area (Å²) in [6, 6.07) is 7.66. The predicted octanol–water partition coefficient (Wildman–Crippen LogP) is 1.85. The second-order valence-electron chi connectivity index (χ2n) is 4.55. The van der Waals surface area contributed by atoms with E-state index in [-0.39, 0.29) is 11.7 Å². The van der Waals surface area contributed by atoms with Gasteiger partial charge in [0.25, 0.3) is 5.91 Å². The fourth-order valence-corrected chi connectivity index (χ4v) is 1.83. The zero-order valence-corrected chi connectivity index (χ0v) is 11.3. The summed E-state index contributed by atoms with van der Waals surface area (Å²) in [5, 5.41) is 2.73. The SMILES string of the molecule is CN(C)C(CNC(=O)c1cccc(F)n1)c1ccco1. The highest BCUT2D eigenvalue weighted by atomic mass is 19.1. The van der Waals surface area contributed by atoms with Crippen molar-refractivity contribution in [2.24, 2.45) is 0 Å². The van der Waals surface area contributed by atoms with Crippen molar-refractivity contribution in [3.63, 3.8) is 0 Å². The van der Waals surface area contributed by atoms with Crippen molar-refractivity contribution in [3.8, 4) is 0 Å². The number of nitrogens with zero attached hydrogens (tertiary/aromatic N) is 2. The molecule has 1 atom stereocenters. The zero-order valence-electron chi connectivity index (χ0n) is 11.3. The molecular weight excluding hydrogens is 261 g/mol. The Morgan fingerprint density at radius 3 is 2.80 bits per heavy atom. The Morgan fingerprint density at radius 1 is 1.40 bits per heavy atom. The first-order valence-electron chi connectivity index (χ1n) is 6.18. The fourth-order valence-electron chi connectivity index (χ4n) is 1.83. The number of likely N-dealkylation sites (N-methyl/N-ethyl adjacent to an activating group) is 1. The van der Waals surface area contributed by atoms with Crippen LogP contribution in [0.1, 0.15) is 22.3 Å². The molecule has 6 heteroatoms. The summed E-state index contributed by atoms with van der Waals surface area (Å²) < 4.78 is 18.3. The summed E-state index contributed by atoms with van der Waals surface area (Å²) in [6.45, 7) is 0.345. The topological polar surface area (TPSA) is 58.4 Å². The first-order chi connectivity index (χ1) is 9.58. The van der Waals surface area contributed by atoms with Gasteiger partial charge in [-0.25, -0.2) is 4.98 Å². The fraction of sp³-hybridized carbons (Fsp3) is 0.286. The van der Waals surface area contributed by atoms with Gasteiger partial charge in [0.05, 0.1) is 12.3 Å². The molecule has 1 unspecified atom stereocenters. The van der Waals surface area contributed by atoms with Gasteiger partial charge in [-0.2, -0.15) is 4.39 Å². The number of halogens is 1. The number of aromatic nitrogens is 1. The lowest BCUT2D eigenvalue weighted by Crippen LogP contribution is -2.34. The number of carbonyl (C=O) groups excluding carboxylic acids is 1. The summed E-state index contributed by atoms with van der Waals surface area (Å²) >= 11 is 0. The monoisotopic (exact) mass is 277 g/mol. The third-order valence-electron chi connectivity index (χ3n) is 2.90. The Hall–Kier alpha value is -2.21. The van der Waals surface area contributed by atoms with Crippen LogP contribution in [-0.2, 0) is 0 Å². The highest BCUT2D eigenvalue weighted by Crippen LogP contribution is 2.17. The van der Waals surface area contributed by atoms with Crippen LogP contribution in [0.15, 0.2) is 41.0 Å². The molecule has 20 heavy (non-hydrogen) atoms. The van der Waals surface area contributed by atoms with E-state index in [0.717, 1.165) is 5.76 Å². The maximum atomic E-state index is 13.0. The number of hydrogen-bond acceptors (Lipinski definition) is 4. The van der Waals surface area contributed by atoms with Crippen LogP contribution >= 0.6 is 0 Å². The maximum absolute atomic E-state index is 13.0. The van der Waals surface area contributed by atoms with Gasteiger partial charge >= 0.3 is 0 Å². The van der Waals surface area contributed by atoms with E-state index >= 15 is 0 Å². The number of pyridine rings is 1. The molecule has 1 N–H and O–H groups in total. The van der Waals surface area contributed by atoms with Crippen molar-refractivity contribution in [2.75, 3.05) is 20.6 Å². The minimum atomic E-state index is -0.673. The molecule has 2 rings (SSSR count). The average molecular weight is 277 g/mol. The second kappa shape index (κ2) is 6.29. The van der Waals surface area contributed by atoms with E-state index in [9.17, 15) is 9.18 Å². The van der Waals surface area contributed by atoms with Gasteiger partial charge in [-0.3, -0.25) is 9.69 Å². The third-order valence-corrected chi connectivity index (χ3v) is 2.90. The molecule has 0 saturated carbocycles. The summed E-state index contributed by atoms with van der Waals surface area (Å²) in [7, 11) is 3.78. The van der Waals surface area contributed by atoms with Crippen LogP contribution < -0.4 is 5.32 Å². The Kier molecular flexibility index (Phi) is 4.47. The molecule has 0 aliphatic carbocycles. The summed E-state index contributed by atoms with van der Waals surface area (Å²) in [4.78, 5) is 17.4. The smallest absolute Gasteiger partial charge is 0.270 e. The van der Waals surface area contributed by atoms with Crippen LogP contribution in [0.4, 0.5) is 4.39 Å². The van der Waals surface area contributed by atoms with Gasteiger partial charge in [-0.05, 0) is 38.4 Å². The molecule has 0 radical (unpaired) electrons. The van der Waals surface area contributed by atoms with Gasteiger partial charge in [-0.1, -0.05) is 6.07 Å². The Bertz CT molecular complexity index is 570. The van der Waals surface area contributed by atoms with Gasteiger partial charge in [0.2, 0.25) is 5.95 Å². The van der Waals surface area contributed by atoms with Crippen LogP contribution in [0, 0.1) is 5.95 Å². The molecule has 0 spiro atoms. The lowest BCUT2D eigenvalue weighted by Gasteiger charge is -2.22. The quantitative estimate of drug-likeness (QED) is 0.847. The summed E-state index contributed by atoms with van der Waals surface area (Å²) in [5.41, 5.74) is 0.0574. The summed E-state index contributed by atoms with van der Waals surface area (Å²) in [5.74, 6) is -0.335. The zero-order chi connectivity index (χ0) is 14.5. The van der Waals surface area contributed by atoms with Gasteiger partial charge in [-0.15, -0.1) is 0 Å². The molecule has 5 nitrogen and oxygen atoms in total. The number of amides is 1. The molecule has 0 saturated heterocycles. The van der Waals surface area contributed by atoms with E-state index in [4.69, 9.17) is 4.42 Å². The van der Waals surface area contributed by atoms with Crippen LogP contribution in [0.5, 0.6) is 0 Å². The number of hydrogen-bond donors (Lipinski definition) is 1. The lowest BCUT2D eigenvalue weighted by atomic mass is 10.2. The number of rotatable bonds is 5. The van der Waals surface area contributed by atoms with Crippen molar-refractivity contribution >= 4 is 5.91 Å². The van der Waals surface area contributed by atoms with Crippen molar-refractivity contribution in [1.29, 1.82) is 0 Å². The Morgan fingerprint density at radius 2 is 2.20 bits per heavy atom. The van der Waals surface area contributed by atoms with E-state index < -0.39 is 11.9 Å². The molecule has 2 aromatic rings. The van der Waals surface area contributed by atoms with Crippen molar-refractivity contribution in [3.05, 3.63) is 54.0 Å². The Labute approximate surface area is 116 Å². The third kappa shape index (κ3) is 3.42. The molecule has 0 aromatic carbocycles. The van der Waals surface area contributed by atoms with Crippen molar-refractivity contribution in [2.45, 2.75) is 6.04 Å². The van der Waals surface area contributed by atoms with Gasteiger partial charge in [0.1, 0.15) is 11.5 Å². The first-order valence-corrected chi connectivity index (χ1v) is 6.18. The van der Waals surface area contributed by atoms with Gasteiger partial charge < -0.3 is 9.73 Å². The molecule has 2 aromatic heterocycles. The van der Waals surface area contributed by atoms with E-state index in [1.54, 1.807) is 12.3 Å². The standard InChI is InChI=1S/C14H16FN3O2/c1-18(2)11(12-6-4-8-20-12)9-16-14(19)10-5-3-7-13(15)17-10/h3-8,11H,9H2,1-2H3,(H,16,19). The highest BCUT2D eigenvalue weighted by Gasteiger charge is 2.18. The maximum Gasteiger partial charge on any atom is 0.270 e. The number of carbonyl (C=O) groups is 1. The van der Waals surface area contributed by atoms with Crippen LogP contribution in [0.3, 0.4) is 0 Å². The van der Waals surface area contributed by atoms with E-state index in [2.05, 4.69) is 10.3 Å². The average Bonchev–Trinajstić information content (AvgIpc) is 2.92. The van der Waals surface area contributed by atoms with Gasteiger partial charge in [0, 0.05) is 6.54 Å².